The first-order chi connectivity index (χ1) is 17.7. The zero-order valence-corrected chi connectivity index (χ0v) is 21.8. The number of benzene rings is 1. The van der Waals surface area contributed by atoms with E-state index in [1.807, 2.05) is 6.20 Å². The summed E-state index contributed by atoms with van der Waals surface area (Å²) in [6.07, 6.45) is 6.00. The molecule has 37 heavy (non-hydrogen) atoms. The van der Waals surface area contributed by atoms with Crippen LogP contribution in [0, 0.1) is 5.41 Å². The van der Waals surface area contributed by atoms with Crippen LogP contribution in [0.15, 0.2) is 48.3 Å². The minimum absolute atomic E-state index is 0.0844. The quantitative estimate of drug-likeness (QED) is 0.614. The van der Waals surface area contributed by atoms with Gasteiger partial charge < -0.3 is 29.7 Å². The number of nitrogens with one attached hydrogen (secondary N) is 1. The third-order valence-corrected chi connectivity index (χ3v) is 7.91. The number of aliphatic carboxylic acids is 1. The maximum atomic E-state index is 12.0. The molecule has 6 rings (SSSR count). The molecule has 0 radical (unpaired) electrons. The van der Waals surface area contributed by atoms with Crippen LogP contribution in [0.2, 0.25) is 0 Å². The van der Waals surface area contributed by atoms with Gasteiger partial charge in [0.1, 0.15) is 23.8 Å². The number of carbonyl (C=O) groups is 1. The van der Waals surface area contributed by atoms with Gasteiger partial charge >= 0.3 is 5.97 Å². The highest BCUT2D eigenvalue weighted by Gasteiger charge is 2.48. The molecule has 1 aromatic heterocycles. The molecule has 3 atom stereocenters. The van der Waals surface area contributed by atoms with Crippen LogP contribution in [0.4, 0.5) is 5.82 Å². The number of carboxylic acid groups (broad SMARTS) is 1. The third-order valence-electron chi connectivity index (χ3n) is 7.91. The van der Waals surface area contributed by atoms with Crippen LogP contribution in [0.5, 0.6) is 5.75 Å². The van der Waals surface area contributed by atoms with Gasteiger partial charge in [-0.05, 0) is 47.7 Å². The Balaban J connectivity index is 1.42. The molecular weight excluding hydrogens is 468 g/mol. The molecule has 8 heteroatoms. The third kappa shape index (κ3) is 4.28. The Hall–Kier alpha value is -3.36. The molecule has 0 aliphatic carbocycles. The number of ether oxygens (including phenoxy) is 2. The summed E-state index contributed by atoms with van der Waals surface area (Å²) in [5.41, 5.74) is 5.52. The Bertz CT molecular complexity index is 1290. The normalized spacial score (nSPS) is 24.7. The summed E-state index contributed by atoms with van der Waals surface area (Å²) in [7, 11) is 1.69. The standard InChI is InChI=1S/C29H34N4O4/c1-29(2,3)25-12-18-11-20(17-5-6-26(31-15-17)32-9-7-30-8-10-32)23(36-4)13-19(18)22-14-24-27(37-24)21(28(34)35)16-33(22)25/h5-6,11,13-16,24-25,27,30H,7-10,12H2,1-4H3,(H,34,35). The molecule has 194 valence electrons. The van der Waals surface area contributed by atoms with Gasteiger partial charge in [0.15, 0.2) is 0 Å². The molecule has 0 saturated carbocycles. The number of epoxide rings is 1. The molecule has 2 N–H and O–H groups in total. The molecule has 2 fully saturated rings. The summed E-state index contributed by atoms with van der Waals surface area (Å²) in [6.45, 7) is 10.5. The number of nitrogens with zero attached hydrogens (tertiary/aromatic N) is 3. The maximum Gasteiger partial charge on any atom is 0.335 e. The first kappa shape index (κ1) is 24.0. The van der Waals surface area contributed by atoms with Gasteiger partial charge in [-0.15, -0.1) is 0 Å². The summed E-state index contributed by atoms with van der Waals surface area (Å²) in [5.74, 6) is 0.838. The van der Waals surface area contributed by atoms with Crippen molar-refractivity contribution in [3.8, 4) is 16.9 Å². The first-order valence-corrected chi connectivity index (χ1v) is 13.0. The van der Waals surface area contributed by atoms with Crippen molar-refractivity contribution in [2.45, 2.75) is 45.4 Å². The summed E-state index contributed by atoms with van der Waals surface area (Å²) < 4.78 is 11.6. The van der Waals surface area contributed by atoms with E-state index >= 15 is 0 Å². The maximum absolute atomic E-state index is 12.0. The second kappa shape index (κ2) is 8.89. The van der Waals surface area contributed by atoms with Crippen LogP contribution >= 0.6 is 0 Å². The molecule has 2 aromatic rings. The molecule has 8 nitrogen and oxygen atoms in total. The number of hydrogen-bond acceptors (Lipinski definition) is 7. The number of methoxy groups -OCH3 is 1. The van der Waals surface area contributed by atoms with Crippen molar-refractivity contribution in [1.82, 2.24) is 15.2 Å². The molecule has 5 heterocycles. The van der Waals surface area contributed by atoms with Gasteiger partial charge in [0.25, 0.3) is 0 Å². The smallest absolute Gasteiger partial charge is 0.335 e. The lowest BCUT2D eigenvalue weighted by molar-refractivity contribution is -0.133. The van der Waals surface area contributed by atoms with E-state index in [1.54, 1.807) is 13.3 Å². The highest BCUT2D eigenvalue weighted by atomic mass is 16.6. The molecule has 4 aliphatic heterocycles. The van der Waals surface area contributed by atoms with Gasteiger partial charge in [-0.2, -0.15) is 0 Å². The predicted octanol–water partition coefficient (Wildman–Crippen LogP) is 3.53. The molecular formula is C29H34N4O4. The Labute approximate surface area is 217 Å². The van der Waals surface area contributed by atoms with Crippen LogP contribution in [0.3, 0.4) is 0 Å². The minimum atomic E-state index is -0.926. The highest BCUT2D eigenvalue weighted by molar-refractivity contribution is 5.90. The number of piperazine rings is 1. The van der Waals surface area contributed by atoms with E-state index in [0.717, 1.165) is 66.6 Å². The van der Waals surface area contributed by atoms with Crippen molar-refractivity contribution in [3.05, 3.63) is 59.4 Å². The molecule has 0 bridgehead atoms. The topological polar surface area (TPSA) is 90.5 Å². The zero-order chi connectivity index (χ0) is 25.9. The molecule has 2 saturated heterocycles. The average Bonchev–Trinajstić information content (AvgIpc) is 3.66. The van der Waals surface area contributed by atoms with Crippen molar-refractivity contribution in [2.75, 3.05) is 38.2 Å². The average molecular weight is 503 g/mol. The number of aromatic nitrogens is 1. The number of hydrogen-bond donors (Lipinski definition) is 2. The van der Waals surface area contributed by atoms with Gasteiger partial charge in [0.05, 0.1) is 12.7 Å². The fourth-order valence-corrected chi connectivity index (χ4v) is 5.78. The van der Waals surface area contributed by atoms with Crippen LogP contribution in [0.25, 0.3) is 16.8 Å². The van der Waals surface area contributed by atoms with Crippen LogP contribution in [-0.2, 0) is 16.0 Å². The number of fused-ring (bicyclic) bond motifs is 4. The van der Waals surface area contributed by atoms with Gasteiger partial charge in [-0.1, -0.05) is 20.8 Å². The fourth-order valence-electron chi connectivity index (χ4n) is 5.78. The van der Waals surface area contributed by atoms with Gasteiger partial charge in [0, 0.05) is 67.0 Å². The van der Waals surface area contributed by atoms with E-state index in [1.165, 1.54) is 5.56 Å². The van der Waals surface area contributed by atoms with Crippen LogP contribution < -0.4 is 15.0 Å². The Morgan fingerprint density at radius 2 is 1.97 bits per heavy atom. The van der Waals surface area contributed by atoms with Crippen molar-refractivity contribution < 1.29 is 19.4 Å². The van der Waals surface area contributed by atoms with E-state index < -0.39 is 5.97 Å². The summed E-state index contributed by atoms with van der Waals surface area (Å²) >= 11 is 0. The summed E-state index contributed by atoms with van der Waals surface area (Å²) in [5, 5.41) is 13.2. The molecule has 0 amide bonds. The van der Waals surface area contributed by atoms with Crippen LogP contribution in [0.1, 0.15) is 31.9 Å². The van der Waals surface area contributed by atoms with Gasteiger partial charge in [-0.25, -0.2) is 9.78 Å². The SMILES string of the molecule is COc1cc2c(cc1-c1ccc(N3CCNCC3)nc1)CC(C(C)(C)C)N1C=C(C(=O)O)C3OC3C=C21. The number of pyridine rings is 1. The molecule has 1 aromatic carbocycles. The monoisotopic (exact) mass is 502 g/mol. The van der Waals surface area contributed by atoms with E-state index in [9.17, 15) is 9.90 Å². The van der Waals surface area contributed by atoms with Crippen molar-refractivity contribution >= 4 is 17.5 Å². The Morgan fingerprint density at radius 1 is 1.19 bits per heavy atom. The Morgan fingerprint density at radius 3 is 2.62 bits per heavy atom. The highest BCUT2D eigenvalue weighted by Crippen LogP contribution is 2.47. The van der Waals surface area contributed by atoms with Gasteiger partial charge in [-0.3, -0.25) is 0 Å². The zero-order valence-electron chi connectivity index (χ0n) is 21.8. The number of rotatable bonds is 4. The lowest BCUT2D eigenvalue weighted by Crippen LogP contribution is -2.45. The lowest BCUT2D eigenvalue weighted by atomic mass is 9.77. The second-order valence-corrected chi connectivity index (χ2v) is 11.3. The first-order valence-electron chi connectivity index (χ1n) is 13.0. The molecule has 0 spiro atoms. The summed E-state index contributed by atoms with van der Waals surface area (Å²) in [6, 6.07) is 8.62. The molecule has 4 aliphatic rings. The van der Waals surface area contributed by atoms with E-state index in [2.05, 4.69) is 66.2 Å². The number of anilines is 1. The van der Waals surface area contributed by atoms with E-state index in [4.69, 9.17) is 14.5 Å². The summed E-state index contributed by atoms with van der Waals surface area (Å²) in [4.78, 5) is 21.3. The van der Waals surface area contributed by atoms with Gasteiger partial charge in [0.2, 0.25) is 0 Å². The fraction of sp³-hybridized carbons (Fsp3) is 0.448. The predicted molar refractivity (Wildman–Crippen MR) is 142 cm³/mol. The van der Waals surface area contributed by atoms with E-state index in [-0.39, 0.29) is 23.7 Å². The van der Waals surface area contributed by atoms with E-state index in [0.29, 0.717) is 5.57 Å². The lowest BCUT2D eigenvalue weighted by Gasteiger charge is -2.45. The Kier molecular flexibility index (Phi) is 5.76. The second-order valence-electron chi connectivity index (χ2n) is 11.3. The minimum Gasteiger partial charge on any atom is -0.496 e. The largest absolute Gasteiger partial charge is 0.496 e. The number of carboxylic acids is 1. The van der Waals surface area contributed by atoms with Crippen molar-refractivity contribution in [2.24, 2.45) is 5.41 Å². The van der Waals surface area contributed by atoms with Crippen molar-refractivity contribution in [3.63, 3.8) is 0 Å². The van der Waals surface area contributed by atoms with Crippen LogP contribution in [-0.4, -0.2) is 72.5 Å². The van der Waals surface area contributed by atoms with Crippen molar-refractivity contribution in [1.29, 1.82) is 0 Å². The molecule has 3 unspecified atom stereocenters.